The summed E-state index contributed by atoms with van der Waals surface area (Å²) in [5.74, 6) is 0.933. The third-order valence-electron chi connectivity index (χ3n) is 6.93. The number of amides is 1. The molecule has 6 heteroatoms. The standard InChI is InChI=1S/C26H32N4OS/c1-18-9-11-28(12-10-18)26-27-23-8-7-21(16-24(23)32-26)25(31)29-13-14-30(20(3)17-29)22-6-4-5-19(2)15-22/h4-8,15-16,18,20H,9-14,17H2,1-3H3/t20-/m0/s1. The summed E-state index contributed by atoms with van der Waals surface area (Å²) in [5.41, 5.74) is 4.29. The number of thiazole rings is 1. The minimum Gasteiger partial charge on any atom is -0.365 e. The minimum atomic E-state index is 0.129. The van der Waals surface area contributed by atoms with E-state index in [0.29, 0.717) is 0 Å². The van der Waals surface area contributed by atoms with Gasteiger partial charge in [-0.25, -0.2) is 4.98 Å². The summed E-state index contributed by atoms with van der Waals surface area (Å²) < 4.78 is 1.11. The molecular weight excluding hydrogens is 416 g/mol. The van der Waals surface area contributed by atoms with E-state index >= 15 is 0 Å². The minimum absolute atomic E-state index is 0.129. The van der Waals surface area contributed by atoms with Crippen LogP contribution in [0.1, 0.15) is 42.6 Å². The fourth-order valence-corrected chi connectivity index (χ4v) is 5.95. The van der Waals surface area contributed by atoms with Crippen molar-refractivity contribution in [3.05, 3.63) is 53.6 Å². The van der Waals surface area contributed by atoms with Crippen LogP contribution in [-0.2, 0) is 0 Å². The highest BCUT2D eigenvalue weighted by atomic mass is 32.1. The van der Waals surface area contributed by atoms with Gasteiger partial charge < -0.3 is 14.7 Å². The molecule has 2 aliphatic heterocycles. The van der Waals surface area contributed by atoms with Crippen LogP contribution in [0.2, 0.25) is 0 Å². The highest BCUT2D eigenvalue weighted by Crippen LogP contribution is 2.32. The number of aromatic nitrogens is 1. The molecule has 0 bridgehead atoms. The number of anilines is 2. The zero-order chi connectivity index (χ0) is 22.2. The Labute approximate surface area is 194 Å². The highest BCUT2D eigenvalue weighted by Gasteiger charge is 2.28. The SMILES string of the molecule is Cc1cccc(N2CCN(C(=O)c3ccc4nc(N5CCC(C)CC5)sc4c3)C[C@@H]2C)c1. The third-order valence-corrected chi connectivity index (χ3v) is 8.01. The van der Waals surface area contributed by atoms with Gasteiger partial charge in [-0.05, 0) is 68.5 Å². The van der Waals surface area contributed by atoms with Gasteiger partial charge in [-0.2, -0.15) is 0 Å². The van der Waals surface area contributed by atoms with Crippen molar-refractivity contribution in [3.8, 4) is 0 Å². The van der Waals surface area contributed by atoms with Crippen LogP contribution >= 0.6 is 11.3 Å². The van der Waals surface area contributed by atoms with Crippen molar-refractivity contribution in [2.45, 2.75) is 39.7 Å². The number of aryl methyl sites for hydroxylation is 1. The molecule has 2 aromatic carbocycles. The molecule has 3 heterocycles. The fourth-order valence-electron chi connectivity index (χ4n) is 4.90. The lowest BCUT2D eigenvalue weighted by Gasteiger charge is -2.41. The molecule has 5 rings (SSSR count). The van der Waals surface area contributed by atoms with Crippen LogP contribution in [0.3, 0.4) is 0 Å². The van der Waals surface area contributed by atoms with E-state index in [1.54, 1.807) is 11.3 Å². The Morgan fingerprint density at radius 1 is 1.03 bits per heavy atom. The van der Waals surface area contributed by atoms with E-state index in [2.05, 4.69) is 54.8 Å². The first kappa shape index (κ1) is 21.3. The number of hydrogen-bond acceptors (Lipinski definition) is 5. The van der Waals surface area contributed by atoms with E-state index in [1.807, 2.05) is 23.1 Å². The number of hydrogen-bond donors (Lipinski definition) is 0. The van der Waals surface area contributed by atoms with Crippen LogP contribution in [-0.4, -0.2) is 54.6 Å². The van der Waals surface area contributed by atoms with Crippen LogP contribution in [0, 0.1) is 12.8 Å². The molecule has 0 radical (unpaired) electrons. The Kier molecular flexibility index (Phi) is 5.80. The predicted molar refractivity (Wildman–Crippen MR) is 134 cm³/mol. The number of carbonyl (C=O) groups excluding carboxylic acids is 1. The number of benzene rings is 2. The lowest BCUT2D eigenvalue weighted by Crippen LogP contribution is -2.53. The first-order valence-electron chi connectivity index (χ1n) is 11.8. The van der Waals surface area contributed by atoms with Crippen LogP contribution < -0.4 is 9.80 Å². The Hall–Kier alpha value is -2.60. The monoisotopic (exact) mass is 448 g/mol. The van der Waals surface area contributed by atoms with Crippen molar-refractivity contribution >= 4 is 38.3 Å². The average molecular weight is 449 g/mol. The molecule has 168 valence electrons. The summed E-state index contributed by atoms with van der Waals surface area (Å²) >= 11 is 1.72. The molecule has 5 nitrogen and oxygen atoms in total. The lowest BCUT2D eigenvalue weighted by atomic mass is 10.00. The second-order valence-corrected chi connectivity index (χ2v) is 10.5. The lowest BCUT2D eigenvalue weighted by molar-refractivity contribution is 0.0726. The van der Waals surface area contributed by atoms with Gasteiger partial charge in [0.1, 0.15) is 0 Å². The van der Waals surface area contributed by atoms with E-state index in [-0.39, 0.29) is 11.9 Å². The van der Waals surface area contributed by atoms with Crippen molar-refractivity contribution < 1.29 is 4.79 Å². The number of piperazine rings is 1. The van der Waals surface area contributed by atoms with Crippen LogP contribution in [0.15, 0.2) is 42.5 Å². The first-order valence-corrected chi connectivity index (χ1v) is 12.6. The molecule has 0 saturated carbocycles. The zero-order valence-electron chi connectivity index (χ0n) is 19.3. The summed E-state index contributed by atoms with van der Waals surface area (Å²) in [6.45, 7) is 11.2. The normalized spacial score (nSPS) is 20.2. The van der Waals surface area contributed by atoms with Gasteiger partial charge in [-0.15, -0.1) is 0 Å². The topological polar surface area (TPSA) is 39.7 Å². The van der Waals surface area contributed by atoms with Crippen LogP contribution in [0.25, 0.3) is 10.2 Å². The Balaban J connectivity index is 1.29. The smallest absolute Gasteiger partial charge is 0.254 e. The van der Waals surface area contributed by atoms with Crippen LogP contribution in [0.4, 0.5) is 10.8 Å². The summed E-state index contributed by atoms with van der Waals surface area (Å²) in [5, 5.41) is 1.09. The Morgan fingerprint density at radius 3 is 2.59 bits per heavy atom. The fraction of sp³-hybridized carbons (Fsp3) is 0.462. The molecule has 0 spiro atoms. The van der Waals surface area contributed by atoms with Gasteiger partial charge in [-0.1, -0.05) is 30.4 Å². The van der Waals surface area contributed by atoms with Crippen molar-refractivity contribution in [1.29, 1.82) is 0 Å². The first-order chi connectivity index (χ1) is 15.5. The second kappa shape index (κ2) is 8.74. The number of nitrogens with zero attached hydrogens (tertiary/aromatic N) is 4. The number of fused-ring (bicyclic) bond motifs is 1. The van der Waals surface area contributed by atoms with Crippen molar-refractivity contribution in [2.24, 2.45) is 5.92 Å². The zero-order valence-corrected chi connectivity index (χ0v) is 20.1. The Morgan fingerprint density at radius 2 is 1.84 bits per heavy atom. The van der Waals surface area contributed by atoms with Crippen molar-refractivity contribution in [1.82, 2.24) is 9.88 Å². The molecule has 1 atom stereocenters. The maximum absolute atomic E-state index is 13.3. The molecule has 2 saturated heterocycles. The Bertz CT molecular complexity index is 1120. The maximum atomic E-state index is 13.3. The molecule has 32 heavy (non-hydrogen) atoms. The summed E-state index contributed by atoms with van der Waals surface area (Å²) in [4.78, 5) is 25.0. The molecule has 2 aliphatic rings. The number of piperidine rings is 1. The van der Waals surface area contributed by atoms with E-state index in [0.717, 1.165) is 59.6 Å². The quantitative estimate of drug-likeness (QED) is 0.553. The average Bonchev–Trinajstić information content (AvgIpc) is 3.22. The van der Waals surface area contributed by atoms with Gasteiger partial charge >= 0.3 is 0 Å². The highest BCUT2D eigenvalue weighted by molar-refractivity contribution is 7.22. The summed E-state index contributed by atoms with van der Waals surface area (Å²) in [6, 6.07) is 14.9. The van der Waals surface area contributed by atoms with Gasteiger partial charge in [0.2, 0.25) is 0 Å². The largest absolute Gasteiger partial charge is 0.365 e. The molecule has 0 N–H and O–H groups in total. The molecule has 3 aromatic rings. The third kappa shape index (κ3) is 4.20. The maximum Gasteiger partial charge on any atom is 0.254 e. The van der Waals surface area contributed by atoms with Gasteiger partial charge in [0.05, 0.1) is 10.2 Å². The van der Waals surface area contributed by atoms with E-state index in [9.17, 15) is 4.79 Å². The van der Waals surface area contributed by atoms with Gasteiger partial charge in [-0.3, -0.25) is 4.79 Å². The molecular formula is C26H32N4OS. The predicted octanol–water partition coefficient (Wildman–Crippen LogP) is 5.19. The second-order valence-electron chi connectivity index (χ2n) is 9.48. The van der Waals surface area contributed by atoms with E-state index < -0.39 is 0 Å². The molecule has 1 aromatic heterocycles. The van der Waals surface area contributed by atoms with Crippen molar-refractivity contribution in [2.75, 3.05) is 42.5 Å². The molecule has 0 unspecified atom stereocenters. The van der Waals surface area contributed by atoms with Crippen molar-refractivity contribution in [3.63, 3.8) is 0 Å². The van der Waals surface area contributed by atoms with Gasteiger partial charge in [0, 0.05) is 50.0 Å². The molecule has 0 aliphatic carbocycles. The van der Waals surface area contributed by atoms with E-state index in [1.165, 1.54) is 24.1 Å². The molecule has 2 fully saturated rings. The van der Waals surface area contributed by atoms with Gasteiger partial charge in [0.15, 0.2) is 5.13 Å². The number of rotatable bonds is 3. The number of carbonyl (C=O) groups is 1. The molecule has 1 amide bonds. The van der Waals surface area contributed by atoms with E-state index in [4.69, 9.17) is 4.98 Å². The van der Waals surface area contributed by atoms with Gasteiger partial charge in [0.25, 0.3) is 5.91 Å². The summed E-state index contributed by atoms with van der Waals surface area (Å²) in [6.07, 6.45) is 2.46. The van der Waals surface area contributed by atoms with Crippen LogP contribution in [0.5, 0.6) is 0 Å². The summed E-state index contributed by atoms with van der Waals surface area (Å²) in [7, 11) is 0.